The Morgan fingerprint density at radius 3 is 2.68 bits per heavy atom. The van der Waals surface area contributed by atoms with Gasteiger partial charge < -0.3 is 9.42 Å². The molecule has 8 heteroatoms. The van der Waals surface area contributed by atoms with Gasteiger partial charge in [-0.15, -0.1) is 0 Å². The molecule has 2 atom stereocenters. The van der Waals surface area contributed by atoms with Crippen LogP contribution in [0, 0.1) is 18.8 Å². The number of carbonyl (C=O) groups is 1. The molecule has 2 aromatic heterocycles. The molecule has 25 heavy (non-hydrogen) atoms. The number of aromatic nitrogens is 4. The molecule has 0 radical (unpaired) electrons. The van der Waals surface area contributed by atoms with E-state index in [4.69, 9.17) is 4.52 Å². The maximum atomic E-state index is 12.5. The predicted molar refractivity (Wildman–Crippen MR) is 90.7 cm³/mol. The smallest absolute Gasteiger partial charge is 0.266 e. The largest absolute Gasteiger partial charge is 0.342 e. The van der Waals surface area contributed by atoms with Gasteiger partial charge in [-0.1, -0.05) is 19.0 Å². The second kappa shape index (κ2) is 7.16. The highest BCUT2D eigenvalue weighted by Crippen LogP contribution is 2.21. The van der Waals surface area contributed by atoms with Crippen LogP contribution in [0.5, 0.6) is 0 Å². The number of likely N-dealkylation sites (tertiary alicyclic amines) is 1. The number of aryl methyl sites for hydroxylation is 2. The van der Waals surface area contributed by atoms with E-state index in [1.165, 1.54) is 17.1 Å². The van der Waals surface area contributed by atoms with Crippen molar-refractivity contribution >= 4 is 5.91 Å². The monoisotopic (exact) mass is 345 g/mol. The third-order valence-electron chi connectivity index (χ3n) is 4.45. The van der Waals surface area contributed by atoms with Gasteiger partial charge in [0.25, 0.3) is 11.4 Å². The summed E-state index contributed by atoms with van der Waals surface area (Å²) in [5, 5.41) is 3.69. The van der Waals surface area contributed by atoms with Crippen LogP contribution in [-0.2, 0) is 11.3 Å². The van der Waals surface area contributed by atoms with E-state index in [1.54, 1.807) is 6.92 Å². The first-order valence-corrected chi connectivity index (χ1v) is 8.57. The fraction of sp³-hybridized carbons (Fsp3) is 0.588. The molecule has 1 amide bonds. The van der Waals surface area contributed by atoms with Crippen molar-refractivity contribution < 1.29 is 9.32 Å². The van der Waals surface area contributed by atoms with Crippen molar-refractivity contribution in [3.05, 3.63) is 28.7 Å². The van der Waals surface area contributed by atoms with Crippen LogP contribution in [0.3, 0.4) is 0 Å². The van der Waals surface area contributed by atoms with Crippen molar-refractivity contribution in [3.8, 4) is 11.5 Å². The van der Waals surface area contributed by atoms with Gasteiger partial charge in [-0.05, 0) is 25.2 Å². The lowest BCUT2D eigenvalue weighted by Gasteiger charge is -2.35. The third kappa shape index (κ3) is 3.94. The summed E-state index contributed by atoms with van der Waals surface area (Å²) < 4.78 is 6.46. The number of amides is 1. The SMILES string of the molecule is Cc1noc(-c2cncn(CCC(=O)N3CC(C)CC(C)C3)c2=O)n1. The number of hydrogen-bond donors (Lipinski definition) is 0. The minimum absolute atomic E-state index is 0.0735. The van der Waals surface area contributed by atoms with Crippen molar-refractivity contribution in [2.45, 2.75) is 40.2 Å². The minimum Gasteiger partial charge on any atom is -0.342 e. The Balaban J connectivity index is 1.69. The first kappa shape index (κ1) is 17.3. The molecule has 0 aliphatic carbocycles. The third-order valence-corrected chi connectivity index (χ3v) is 4.45. The second-order valence-corrected chi connectivity index (χ2v) is 6.95. The molecule has 1 aliphatic rings. The fourth-order valence-electron chi connectivity index (χ4n) is 3.40. The van der Waals surface area contributed by atoms with Crippen LogP contribution in [0.15, 0.2) is 21.8 Å². The van der Waals surface area contributed by atoms with Crippen molar-refractivity contribution in [1.29, 1.82) is 0 Å². The van der Waals surface area contributed by atoms with Gasteiger partial charge in [0.2, 0.25) is 5.91 Å². The highest BCUT2D eigenvalue weighted by atomic mass is 16.5. The number of rotatable bonds is 4. The van der Waals surface area contributed by atoms with E-state index >= 15 is 0 Å². The molecule has 0 aromatic carbocycles. The molecule has 0 saturated carbocycles. The molecule has 2 aromatic rings. The Morgan fingerprint density at radius 1 is 1.32 bits per heavy atom. The Bertz CT molecular complexity index is 803. The molecule has 2 unspecified atom stereocenters. The van der Waals surface area contributed by atoms with Crippen molar-refractivity contribution in [1.82, 2.24) is 24.6 Å². The zero-order valence-electron chi connectivity index (χ0n) is 14.8. The summed E-state index contributed by atoms with van der Waals surface area (Å²) in [5.74, 6) is 1.70. The zero-order chi connectivity index (χ0) is 18.0. The Hall–Kier alpha value is -2.51. The van der Waals surface area contributed by atoms with Gasteiger partial charge in [-0.3, -0.25) is 14.2 Å². The summed E-state index contributed by atoms with van der Waals surface area (Å²) >= 11 is 0. The van der Waals surface area contributed by atoms with Gasteiger partial charge in [0.05, 0.1) is 6.33 Å². The topological polar surface area (TPSA) is 94.1 Å². The normalized spacial score (nSPS) is 20.7. The van der Waals surface area contributed by atoms with Crippen molar-refractivity contribution in [3.63, 3.8) is 0 Å². The summed E-state index contributed by atoms with van der Waals surface area (Å²) in [5.41, 5.74) is -0.0393. The van der Waals surface area contributed by atoms with Crippen LogP contribution >= 0.6 is 0 Å². The lowest BCUT2D eigenvalue weighted by atomic mass is 9.92. The first-order chi connectivity index (χ1) is 11.9. The van der Waals surface area contributed by atoms with E-state index in [0.717, 1.165) is 19.5 Å². The molecule has 0 spiro atoms. The Kier molecular flexibility index (Phi) is 4.96. The van der Waals surface area contributed by atoms with E-state index in [0.29, 0.717) is 17.7 Å². The number of hydrogen-bond acceptors (Lipinski definition) is 6. The molecular formula is C17H23N5O3. The van der Waals surface area contributed by atoms with Gasteiger partial charge in [-0.2, -0.15) is 4.98 Å². The number of nitrogens with zero attached hydrogens (tertiary/aromatic N) is 5. The maximum absolute atomic E-state index is 12.5. The van der Waals surface area contributed by atoms with E-state index in [1.807, 2.05) is 4.90 Å². The average molecular weight is 345 g/mol. The van der Waals surface area contributed by atoms with E-state index < -0.39 is 0 Å². The van der Waals surface area contributed by atoms with E-state index in [-0.39, 0.29) is 35.9 Å². The van der Waals surface area contributed by atoms with E-state index in [9.17, 15) is 9.59 Å². The molecule has 1 fully saturated rings. The average Bonchev–Trinajstić information content (AvgIpc) is 2.99. The van der Waals surface area contributed by atoms with Crippen LogP contribution in [0.2, 0.25) is 0 Å². The molecule has 8 nitrogen and oxygen atoms in total. The van der Waals surface area contributed by atoms with Crippen LogP contribution in [0.25, 0.3) is 11.5 Å². The number of piperidine rings is 1. The van der Waals surface area contributed by atoms with Crippen LogP contribution < -0.4 is 5.56 Å². The molecule has 0 bridgehead atoms. The summed E-state index contributed by atoms with van der Waals surface area (Å²) in [6, 6.07) is 0. The van der Waals surface area contributed by atoms with Crippen molar-refractivity contribution in [2.75, 3.05) is 13.1 Å². The zero-order valence-corrected chi connectivity index (χ0v) is 14.8. The maximum Gasteiger partial charge on any atom is 0.266 e. The highest BCUT2D eigenvalue weighted by molar-refractivity contribution is 5.76. The molecule has 0 N–H and O–H groups in total. The van der Waals surface area contributed by atoms with Crippen LogP contribution in [0.1, 0.15) is 32.5 Å². The molecular weight excluding hydrogens is 322 g/mol. The summed E-state index contributed by atoms with van der Waals surface area (Å²) in [7, 11) is 0. The standard InChI is InChI=1S/C17H23N5O3/c1-11-6-12(2)9-22(8-11)15(23)4-5-21-10-18-7-14(17(21)24)16-19-13(3)20-25-16/h7,10-12H,4-6,8-9H2,1-3H3. The Morgan fingerprint density at radius 2 is 2.04 bits per heavy atom. The van der Waals surface area contributed by atoms with Gasteiger partial charge in [0.1, 0.15) is 5.56 Å². The molecule has 3 rings (SSSR count). The van der Waals surface area contributed by atoms with Gasteiger partial charge in [0, 0.05) is 32.3 Å². The first-order valence-electron chi connectivity index (χ1n) is 8.57. The minimum atomic E-state index is -0.285. The molecule has 1 saturated heterocycles. The molecule has 1 aliphatic heterocycles. The molecule has 134 valence electrons. The van der Waals surface area contributed by atoms with Crippen LogP contribution in [-0.4, -0.2) is 43.6 Å². The van der Waals surface area contributed by atoms with Gasteiger partial charge >= 0.3 is 0 Å². The van der Waals surface area contributed by atoms with Crippen LogP contribution in [0.4, 0.5) is 0 Å². The summed E-state index contributed by atoms with van der Waals surface area (Å²) in [4.78, 5) is 35.0. The fourth-order valence-corrected chi connectivity index (χ4v) is 3.40. The second-order valence-electron chi connectivity index (χ2n) is 6.95. The Labute approximate surface area is 145 Å². The summed E-state index contributed by atoms with van der Waals surface area (Å²) in [6.07, 6.45) is 4.26. The number of carbonyl (C=O) groups excluding carboxylic acids is 1. The summed E-state index contributed by atoms with van der Waals surface area (Å²) in [6.45, 7) is 7.88. The van der Waals surface area contributed by atoms with E-state index in [2.05, 4.69) is 29.0 Å². The lowest BCUT2D eigenvalue weighted by Crippen LogP contribution is -2.43. The lowest BCUT2D eigenvalue weighted by molar-refractivity contribution is -0.134. The predicted octanol–water partition coefficient (Wildman–Crippen LogP) is 1.50. The highest BCUT2D eigenvalue weighted by Gasteiger charge is 2.25. The van der Waals surface area contributed by atoms with Crippen molar-refractivity contribution in [2.24, 2.45) is 11.8 Å². The molecule has 3 heterocycles. The quantitative estimate of drug-likeness (QED) is 0.833. The van der Waals surface area contributed by atoms with Gasteiger partial charge in [0.15, 0.2) is 5.82 Å². The van der Waals surface area contributed by atoms with Gasteiger partial charge in [-0.25, -0.2) is 4.98 Å².